The van der Waals surface area contributed by atoms with Crippen LogP contribution >= 0.6 is 23.2 Å². The van der Waals surface area contributed by atoms with E-state index >= 15 is 0 Å². The van der Waals surface area contributed by atoms with Crippen LogP contribution in [-0.2, 0) is 0 Å². The van der Waals surface area contributed by atoms with Crippen molar-refractivity contribution < 1.29 is 4.79 Å². The molecule has 0 N–H and O–H groups in total. The minimum absolute atomic E-state index is 0.191. The molecule has 0 aliphatic heterocycles. The number of carbonyl (C=O) groups is 1. The number of aryl methyl sites for hydroxylation is 1. The van der Waals surface area contributed by atoms with Crippen molar-refractivity contribution >= 4 is 28.4 Å². The van der Waals surface area contributed by atoms with Gasteiger partial charge in [0.05, 0.1) is 0 Å². The van der Waals surface area contributed by atoms with Gasteiger partial charge in [-0.2, -0.15) is 0 Å². The van der Waals surface area contributed by atoms with E-state index in [4.69, 9.17) is 23.2 Å². The van der Waals surface area contributed by atoms with Gasteiger partial charge in [0, 0.05) is 0 Å². The zero-order valence-corrected chi connectivity index (χ0v) is 7.28. The van der Waals surface area contributed by atoms with Crippen LogP contribution in [0.3, 0.4) is 0 Å². The Morgan fingerprint density at radius 2 is 2.18 bits per heavy atom. The molecule has 11 heavy (non-hydrogen) atoms. The molecule has 1 aromatic heterocycles. The predicted octanol–water partition coefficient (Wildman–Crippen LogP) is 2.42. The summed E-state index contributed by atoms with van der Waals surface area (Å²) < 4.78 is 0. The molecule has 1 rings (SSSR count). The number of pyridine rings is 1. The molecular formula is C7H5Cl2NO. The van der Waals surface area contributed by atoms with Gasteiger partial charge in [-0.3, -0.25) is 4.79 Å². The fourth-order valence-corrected chi connectivity index (χ4v) is 1.09. The normalized spacial score (nSPS) is 9.73. The Kier molecular flexibility index (Phi) is 2.47. The SMILES string of the molecule is Cc1cc(Cl)nc(C(=O)Cl)c1. The van der Waals surface area contributed by atoms with E-state index < -0.39 is 5.24 Å². The first-order chi connectivity index (χ1) is 5.09. The topological polar surface area (TPSA) is 30.0 Å². The van der Waals surface area contributed by atoms with E-state index in [0.29, 0.717) is 0 Å². The van der Waals surface area contributed by atoms with E-state index in [1.807, 2.05) is 6.92 Å². The van der Waals surface area contributed by atoms with Crippen LogP contribution in [0.5, 0.6) is 0 Å². The summed E-state index contributed by atoms with van der Waals surface area (Å²) in [5.41, 5.74) is 1.06. The van der Waals surface area contributed by atoms with E-state index in [1.54, 1.807) is 12.1 Å². The largest absolute Gasteiger partial charge is 0.274 e. The van der Waals surface area contributed by atoms with Gasteiger partial charge >= 0.3 is 0 Å². The van der Waals surface area contributed by atoms with Crippen molar-refractivity contribution in [1.82, 2.24) is 4.98 Å². The van der Waals surface area contributed by atoms with Gasteiger partial charge in [-0.15, -0.1) is 0 Å². The van der Waals surface area contributed by atoms with Gasteiger partial charge in [0.25, 0.3) is 5.24 Å². The Morgan fingerprint density at radius 1 is 1.55 bits per heavy atom. The Balaban J connectivity index is 3.19. The lowest BCUT2D eigenvalue weighted by Gasteiger charge is -1.96. The lowest BCUT2D eigenvalue weighted by Crippen LogP contribution is -1.94. The first-order valence-corrected chi connectivity index (χ1v) is 3.69. The number of hydrogen-bond donors (Lipinski definition) is 0. The van der Waals surface area contributed by atoms with Crippen molar-refractivity contribution in [2.45, 2.75) is 6.92 Å². The van der Waals surface area contributed by atoms with Gasteiger partial charge in [0.1, 0.15) is 10.8 Å². The standard InChI is InChI=1S/C7H5Cl2NO/c1-4-2-5(7(9)11)10-6(8)3-4/h2-3H,1H3. The van der Waals surface area contributed by atoms with Crippen LogP contribution in [0.2, 0.25) is 5.15 Å². The lowest BCUT2D eigenvalue weighted by atomic mass is 10.2. The molecule has 0 unspecified atom stereocenters. The van der Waals surface area contributed by atoms with Gasteiger partial charge in [0.2, 0.25) is 0 Å². The summed E-state index contributed by atoms with van der Waals surface area (Å²) in [7, 11) is 0. The third kappa shape index (κ3) is 2.17. The number of nitrogens with zero attached hydrogens (tertiary/aromatic N) is 1. The van der Waals surface area contributed by atoms with Crippen molar-refractivity contribution in [3.63, 3.8) is 0 Å². The summed E-state index contributed by atoms with van der Waals surface area (Å²) in [6.07, 6.45) is 0. The highest BCUT2D eigenvalue weighted by molar-refractivity contribution is 6.67. The van der Waals surface area contributed by atoms with Gasteiger partial charge in [0.15, 0.2) is 0 Å². The van der Waals surface area contributed by atoms with Gasteiger partial charge in [-0.1, -0.05) is 11.6 Å². The van der Waals surface area contributed by atoms with E-state index in [2.05, 4.69) is 4.98 Å². The molecule has 0 radical (unpaired) electrons. The van der Waals surface area contributed by atoms with Crippen LogP contribution < -0.4 is 0 Å². The molecule has 0 bridgehead atoms. The molecule has 0 aliphatic carbocycles. The monoisotopic (exact) mass is 189 g/mol. The molecule has 0 saturated carbocycles. The summed E-state index contributed by atoms with van der Waals surface area (Å²) in [5, 5.41) is -0.301. The Hall–Kier alpha value is -0.600. The fourth-order valence-electron chi connectivity index (χ4n) is 0.725. The third-order valence-electron chi connectivity index (χ3n) is 1.14. The van der Waals surface area contributed by atoms with Gasteiger partial charge in [-0.25, -0.2) is 4.98 Å². The van der Waals surface area contributed by atoms with E-state index in [-0.39, 0.29) is 10.8 Å². The van der Waals surface area contributed by atoms with Crippen LogP contribution in [0.4, 0.5) is 0 Å². The highest BCUT2D eigenvalue weighted by Crippen LogP contribution is 2.11. The average molecular weight is 190 g/mol. The summed E-state index contributed by atoms with van der Waals surface area (Å²) >= 11 is 10.8. The summed E-state index contributed by atoms with van der Waals surface area (Å²) in [6, 6.07) is 3.24. The van der Waals surface area contributed by atoms with Crippen LogP contribution in [0.25, 0.3) is 0 Å². The minimum atomic E-state index is -0.587. The Labute approximate surface area is 74.1 Å². The zero-order valence-electron chi connectivity index (χ0n) is 5.77. The third-order valence-corrected chi connectivity index (χ3v) is 1.53. The maximum absolute atomic E-state index is 10.6. The van der Waals surface area contributed by atoms with Crippen molar-refractivity contribution in [3.8, 4) is 0 Å². The molecule has 0 amide bonds. The minimum Gasteiger partial charge on any atom is -0.274 e. The number of carbonyl (C=O) groups excluding carboxylic acids is 1. The lowest BCUT2D eigenvalue weighted by molar-refractivity contribution is 0.107. The summed E-state index contributed by atoms with van der Waals surface area (Å²) in [5.74, 6) is 0. The molecule has 2 nitrogen and oxygen atoms in total. The summed E-state index contributed by atoms with van der Waals surface area (Å²) in [4.78, 5) is 14.3. The highest BCUT2D eigenvalue weighted by Gasteiger charge is 2.04. The molecule has 4 heteroatoms. The molecule has 0 aliphatic rings. The van der Waals surface area contributed by atoms with E-state index in [1.165, 1.54) is 0 Å². The maximum atomic E-state index is 10.6. The molecule has 0 atom stereocenters. The van der Waals surface area contributed by atoms with Gasteiger partial charge in [-0.05, 0) is 36.2 Å². The first kappa shape index (κ1) is 8.50. The highest BCUT2D eigenvalue weighted by atomic mass is 35.5. The van der Waals surface area contributed by atoms with Crippen molar-refractivity contribution in [3.05, 3.63) is 28.5 Å². The molecule has 1 heterocycles. The number of aromatic nitrogens is 1. The van der Waals surface area contributed by atoms with Crippen molar-refractivity contribution in [2.75, 3.05) is 0 Å². The number of hydrogen-bond acceptors (Lipinski definition) is 2. The van der Waals surface area contributed by atoms with Crippen LogP contribution in [0.15, 0.2) is 12.1 Å². The molecule has 58 valence electrons. The second-order valence-corrected chi connectivity index (χ2v) is 2.86. The molecule has 1 aromatic rings. The molecule has 0 aromatic carbocycles. The van der Waals surface area contributed by atoms with Crippen molar-refractivity contribution in [1.29, 1.82) is 0 Å². The van der Waals surface area contributed by atoms with Crippen molar-refractivity contribution in [2.24, 2.45) is 0 Å². The average Bonchev–Trinajstić information content (AvgIpc) is 1.85. The quantitative estimate of drug-likeness (QED) is 0.502. The van der Waals surface area contributed by atoms with Crippen LogP contribution in [-0.4, -0.2) is 10.2 Å². The molecule has 0 saturated heterocycles. The Bertz CT molecular complexity index is 278. The number of rotatable bonds is 1. The van der Waals surface area contributed by atoms with Crippen LogP contribution in [0.1, 0.15) is 16.1 Å². The van der Waals surface area contributed by atoms with E-state index in [9.17, 15) is 4.79 Å². The zero-order chi connectivity index (χ0) is 8.43. The van der Waals surface area contributed by atoms with Gasteiger partial charge < -0.3 is 0 Å². The molecule has 0 fully saturated rings. The fraction of sp³-hybridized carbons (Fsp3) is 0.143. The molecule has 0 spiro atoms. The van der Waals surface area contributed by atoms with E-state index in [0.717, 1.165) is 5.56 Å². The smallest absolute Gasteiger partial charge is 0.270 e. The van der Waals surface area contributed by atoms with Crippen LogP contribution in [0, 0.1) is 6.92 Å². The predicted molar refractivity (Wildman–Crippen MR) is 44.2 cm³/mol. The Morgan fingerprint density at radius 3 is 2.64 bits per heavy atom. The number of halogens is 2. The second kappa shape index (κ2) is 3.20. The second-order valence-electron chi connectivity index (χ2n) is 2.13. The molecular weight excluding hydrogens is 185 g/mol. The summed E-state index contributed by atoms with van der Waals surface area (Å²) in [6.45, 7) is 1.82. The first-order valence-electron chi connectivity index (χ1n) is 2.93. The maximum Gasteiger partial charge on any atom is 0.270 e.